The van der Waals surface area contributed by atoms with Gasteiger partial charge in [-0.1, -0.05) is 31.9 Å². The zero-order valence-corrected chi connectivity index (χ0v) is 13.9. The SMILES string of the molecule is COc1cc(C)c(Br)cc1C(Br)C(C(F)(F)F)C(F)(F)F. The molecule has 120 valence electrons. The Labute approximate surface area is 133 Å². The van der Waals surface area contributed by atoms with E-state index in [9.17, 15) is 26.3 Å². The highest BCUT2D eigenvalue weighted by molar-refractivity contribution is 9.10. The van der Waals surface area contributed by atoms with Gasteiger partial charge < -0.3 is 4.74 Å². The molecule has 0 heterocycles. The van der Waals surface area contributed by atoms with E-state index in [1.54, 1.807) is 6.92 Å². The standard InChI is InChI=1S/C12H10Br2F6O/c1-5-3-8(21-2)6(4-7(5)13)9(14)10(11(15,16)17)12(18,19)20/h3-4,9-10H,1-2H3. The highest BCUT2D eigenvalue weighted by Gasteiger charge is 2.60. The predicted octanol–water partition coefficient (Wildman–Crippen LogP) is 5.94. The van der Waals surface area contributed by atoms with E-state index in [0.717, 1.165) is 0 Å². The lowest BCUT2D eigenvalue weighted by Crippen LogP contribution is -2.39. The molecule has 0 bridgehead atoms. The molecule has 0 aliphatic rings. The summed E-state index contributed by atoms with van der Waals surface area (Å²) < 4.78 is 81.9. The van der Waals surface area contributed by atoms with Crippen LogP contribution in [0.1, 0.15) is 16.0 Å². The minimum Gasteiger partial charge on any atom is -0.496 e. The van der Waals surface area contributed by atoms with E-state index in [0.29, 0.717) is 10.0 Å². The Morgan fingerprint density at radius 3 is 1.90 bits per heavy atom. The molecule has 0 saturated heterocycles. The Kier molecular flexibility index (Phi) is 5.63. The second-order valence-corrected chi connectivity index (χ2v) is 6.15. The summed E-state index contributed by atoms with van der Waals surface area (Å²) in [5.74, 6) is -3.58. The molecule has 0 fully saturated rings. The van der Waals surface area contributed by atoms with Gasteiger partial charge in [0, 0.05) is 10.0 Å². The van der Waals surface area contributed by atoms with Crippen LogP contribution in [-0.4, -0.2) is 19.5 Å². The average molecular weight is 444 g/mol. The van der Waals surface area contributed by atoms with Gasteiger partial charge >= 0.3 is 12.4 Å². The lowest BCUT2D eigenvalue weighted by atomic mass is 9.96. The second-order valence-electron chi connectivity index (χ2n) is 4.31. The highest BCUT2D eigenvalue weighted by atomic mass is 79.9. The van der Waals surface area contributed by atoms with E-state index in [1.165, 1.54) is 19.2 Å². The van der Waals surface area contributed by atoms with Crippen LogP contribution in [0.4, 0.5) is 26.3 Å². The van der Waals surface area contributed by atoms with Crippen molar-refractivity contribution in [3.8, 4) is 5.75 Å². The Morgan fingerprint density at radius 1 is 1.05 bits per heavy atom. The van der Waals surface area contributed by atoms with Crippen LogP contribution in [0.25, 0.3) is 0 Å². The molecule has 21 heavy (non-hydrogen) atoms. The molecular weight excluding hydrogens is 434 g/mol. The van der Waals surface area contributed by atoms with Gasteiger partial charge in [-0.3, -0.25) is 0 Å². The van der Waals surface area contributed by atoms with Crippen LogP contribution >= 0.6 is 31.9 Å². The van der Waals surface area contributed by atoms with Crippen LogP contribution in [-0.2, 0) is 0 Å². The van der Waals surface area contributed by atoms with Gasteiger partial charge in [0.1, 0.15) is 5.75 Å². The van der Waals surface area contributed by atoms with Crippen LogP contribution in [0.5, 0.6) is 5.75 Å². The number of halogens is 8. The first-order chi connectivity index (χ1) is 9.39. The minimum atomic E-state index is -5.44. The third-order valence-corrected chi connectivity index (χ3v) is 4.68. The van der Waals surface area contributed by atoms with Gasteiger partial charge in [-0.25, -0.2) is 0 Å². The van der Waals surface area contributed by atoms with Crippen LogP contribution in [0.2, 0.25) is 0 Å². The molecule has 1 rings (SSSR count). The van der Waals surface area contributed by atoms with Crippen molar-refractivity contribution in [3.63, 3.8) is 0 Å². The van der Waals surface area contributed by atoms with E-state index in [4.69, 9.17) is 4.74 Å². The van der Waals surface area contributed by atoms with Crippen LogP contribution in [0, 0.1) is 12.8 Å². The molecule has 0 N–H and O–H groups in total. The molecule has 0 radical (unpaired) electrons. The van der Waals surface area contributed by atoms with Crippen molar-refractivity contribution in [1.29, 1.82) is 0 Å². The average Bonchev–Trinajstić information content (AvgIpc) is 2.28. The number of hydrogen-bond donors (Lipinski definition) is 0. The summed E-state index contributed by atoms with van der Waals surface area (Å²) in [4.78, 5) is -2.01. The molecule has 0 saturated carbocycles. The summed E-state index contributed by atoms with van der Waals surface area (Å²) in [6, 6.07) is 2.57. The maximum Gasteiger partial charge on any atom is 0.401 e. The number of methoxy groups -OCH3 is 1. The molecule has 0 amide bonds. The molecule has 0 spiro atoms. The highest BCUT2D eigenvalue weighted by Crippen LogP contribution is 2.52. The smallest absolute Gasteiger partial charge is 0.401 e. The summed E-state index contributed by atoms with van der Waals surface area (Å²) in [7, 11) is 1.18. The maximum atomic E-state index is 12.8. The van der Waals surface area contributed by atoms with Crippen molar-refractivity contribution in [3.05, 3.63) is 27.7 Å². The fourth-order valence-corrected chi connectivity index (χ4v) is 3.08. The van der Waals surface area contributed by atoms with Gasteiger partial charge in [0.05, 0.1) is 11.9 Å². The van der Waals surface area contributed by atoms with E-state index < -0.39 is 23.1 Å². The van der Waals surface area contributed by atoms with Gasteiger partial charge in [0.15, 0.2) is 5.92 Å². The van der Waals surface area contributed by atoms with Crippen molar-refractivity contribution >= 4 is 31.9 Å². The van der Waals surface area contributed by atoms with Crippen molar-refractivity contribution in [2.24, 2.45) is 5.92 Å². The van der Waals surface area contributed by atoms with E-state index >= 15 is 0 Å². The van der Waals surface area contributed by atoms with Crippen molar-refractivity contribution < 1.29 is 31.1 Å². The quantitative estimate of drug-likeness (QED) is 0.414. The Bertz CT molecular complexity index is 498. The third kappa shape index (κ3) is 4.28. The van der Waals surface area contributed by atoms with Crippen LogP contribution < -0.4 is 4.74 Å². The number of hydrogen-bond acceptors (Lipinski definition) is 1. The normalized spacial score (nSPS) is 14.4. The van der Waals surface area contributed by atoms with Crippen molar-refractivity contribution in [2.45, 2.75) is 24.1 Å². The number of alkyl halides is 7. The number of aryl methyl sites for hydroxylation is 1. The topological polar surface area (TPSA) is 9.23 Å². The van der Waals surface area contributed by atoms with Crippen molar-refractivity contribution in [2.75, 3.05) is 7.11 Å². The Balaban J connectivity index is 3.40. The lowest BCUT2D eigenvalue weighted by Gasteiger charge is -2.28. The summed E-state index contributed by atoms with van der Waals surface area (Å²) in [5.41, 5.74) is 0.403. The largest absolute Gasteiger partial charge is 0.496 e. The van der Waals surface area contributed by atoms with Gasteiger partial charge in [0.25, 0.3) is 0 Å². The van der Waals surface area contributed by atoms with E-state index in [-0.39, 0.29) is 11.3 Å². The predicted molar refractivity (Wildman–Crippen MR) is 72.7 cm³/mol. The third-order valence-electron chi connectivity index (χ3n) is 2.81. The van der Waals surface area contributed by atoms with Crippen LogP contribution in [0.3, 0.4) is 0 Å². The Hall–Kier alpha value is -0.440. The summed E-state index contributed by atoms with van der Waals surface area (Å²) in [6.07, 6.45) is -10.9. The van der Waals surface area contributed by atoms with Crippen LogP contribution in [0.15, 0.2) is 16.6 Å². The zero-order chi connectivity index (χ0) is 16.6. The molecule has 0 aliphatic heterocycles. The lowest BCUT2D eigenvalue weighted by molar-refractivity contribution is -0.283. The minimum absolute atomic E-state index is 0.0453. The first-order valence-corrected chi connectivity index (χ1v) is 7.22. The Morgan fingerprint density at radius 2 is 1.52 bits per heavy atom. The van der Waals surface area contributed by atoms with Gasteiger partial charge in [-0.05, 0) is 24.6 Å². The van der Waals surface area contributed by atoms with Crippen molar-refractivity contribution in [1.82, 2.24) is 0 Å². The zero-order valence-electron chi connectivity index (χ0n) is 10.7. The second kappa shape index (κ2) is 6.36. The summed E-state index contributed by atoms with van der Waals surface area (Å²) >= 11 is 5.62. The number of rotatable bonds is 3. The molecule has 1 nitrogen and oxygen atoms in total. The molecule has 1 aromatic carbocycles. The molecule has 1 aromatic rings. The fraction of sp³-hybridized carbons (Fsp3) is 0.500. The monoisotopic (exact) mass is 442 g/mol. The fourth-order valence-electron chi connectivity index (χ4n) is 1.76. The van der Waals surface area contributed by atoms with E-state index in [2.05, 4.69) is 31.9 Å². The summed E-state index contributed by atoms with van der Waals surface area (Å²) in [6.45, 7) is 1.64. The first-order valence-electron chi connectivity index (χ1n) is 5.51. The molecule has 9 heteroatoms. The molecule has 1 unspecified atom stereocenters. The maximum absolute atomic E-state index is 12.8. The molecular formula is C12H10Br2F6O. The summed E-state index contributed by atoms with van der Waals surface area (Å²) in [5, 5.41) is 0. The number of benzene rings is 1. The van der Waals surface area contributed by atoms with Gasteiger partial charge in [-0.15, -0.1) is 0 Å². The van der Waals surface area contributed by atoms with Gasteiger partial charge in [-0.2, -0.15) is 26.3 Å². The first kappa shape index (κ1) is 18.6. The molecule has 0 aromatic heterocycles. The van der Waals surface area contributed by atoms with Gasteiger partial charge in [0.2, 0.25) is 0 Å². The molecule has 0 aliphatic carbocycles. The number of ether oxygens (including phenoxy) is 1. The van der Waals surface area contributed by atoms with E-state index in [1.807, 2.05) is 0 Å². The molecule has 1 atom stereocenters.